The molecule has 4 rings (SSSR count). The predicted molar refractivity (Wildman–Crippen MR) is 118 cm³/mol. The first-order valence-corrected chi connectivity index (χ1v) is 10.4. The van der Waals surface area contributed by atoms with Crippen LogP contribution in [0.4, 0.5) is 5.69 Å². The summed E-state index contributed by atoms with van der Waals surface area (Å²) in [4.78, 5) is 25.3. The molecule has 0 radical (unpaired) electrons. The van der Waals surface area contributed by atoms with Gasteiger partial charge in [-0.1, -0.05) is 60.7 Å². The van der Waals surface area contributed by atoms with E-state index in [1.54, 1.807) is 12.1 Å². The number of nitrogens with zero attached hydrogens (tertiary/aromatic N) is 2. The summed E-state index contributed by atoms with van der Waals surface area (Å²) < 4.78 is 6.30. The number of nitro groups is 1. The average Bonchev–Trinajstić information content (AvgIpc) is 2.81. The molecule has 1 aliphatic rings. The highest BCUT2D eigenvalue weighted by atomic mass is 16.6. The van der Waals surface area contributed by atoms with Crippen molar-refractivity contribution in [2.24, 2.45) is 0 Å². The smallest absolute Gasteiger partial charge is 0.269 e. The van der Waals surface area contributed by atoms with Crippen molar-refractivity contribution in [3.8, 4) is 5.75 Å². The molecule has 3 aromatic rings. The molecule has 0 aliphatic carbocycles. The summed E-state index contributed by atoms with van der Waals surface area (Å²) in [7, 11) is 0. The highest BCUT2D eigenvalue weighted by molar-refractivity contribution is 5.79. The zero-order valence-corrected chi connectivity index (χ0v) is 17.1. The Kier molecular flexibility index (Phi) is 6.26. The van der Waals surface area contributed by atoms with Crippen molar-refractivity contribution in [1.29, 1.82) is 0 Å². The van der Waals surface area contributed by atoms with E-state index in [1.165, 1.54) is 12.1 Å². The van der Waals surface area contributed by atoms with Crippen LogP contribution in [0.5, 0.6) is 5.75 Å². The fraction of sp³-hybridized carbons (Fsp3) is 0.240. The van der Waals surface area contributed by atoms with E-state index in [1.807, 2.05) is 53.4 Å². The number of carbonyl (C=O) groups is 1. The topological polar surface area (TPSA) is 72.7 Å². The Morgan fingerprint density at radius 1 is 0.968 bits per heavy atom. The van der Waals surface area contributed by atoms with Gasteiger partial charge in [-0.25, -0.2) is 0 Å². The normalized spacial score (nSPS) is 18.4. The average molecular weight is 416 g/mol. The number of benzene rings is 3. The van der Waals surface area contributed by atoms with Gasteiger partial charge in [-0.3, -0.25) is 14.9 Å². The number of hydrogen-bond donors (Lipinski definition) is 0. The lowest BCUT2D eigenvalue weighted by molar-refractivity contribution is -0.384. The molecule has 31 heavy (non-hydrogen) atoms. The number of ether oxygens (including phenoxy) is 1. The molecule has 6 nitrogen and oxygen atoms in total. The van der Waals surface area contributed by atoms with Crippen LogP contribution in [0.25, 0.3) is 0 Å². The second kappa shape index (κ2) is 9.43. The number of rotatable bonds is 6. The van der Waals surface area contributed by atoms with Crippen LogP contribution in [0.1, 0.15) is 23.5 Å². The molecule has 1 heterocycles. The quantitative estimate of drug-likeness (QED) is 0.435. The number of likely N-dealkylation sites (tertiary alicyclic amines) is 1. The molecule has 1 amide bonds. The van der Waals surface area contributed by atoms with E-state index >= 15 is 0 Å². The van der Waals surface area contributed by atoms with Gasteiger partial charge in [0.25, 0.3) is 5.69 Å². The van der Waals surface area contributed by atoms with E-state index in [0.29, 0.717) is 13.1 Å². The van der Waals surface area contributed by atoms with Crippen LogP contribution in [0.15, 0.2) is 84.9 Å². The third-order valence-electron chi connectivity index (χ3n) is 5.66. The third-order valence-corrected chi connectivity index (χ3v) is 5.66. The summed E-state index contributed by atoms with van der Waals surface area (Å²) in [5.74, 6) is 0.919. The maximum atomic E-state index is 13.0. The molecule has 0 aromatic heterocycles. The van der Waals surface area contributed by atoms with Gasteiger partial charge in [0.05, 0.1) is 11.3 Å². The van der Waals surface area contributed by atoms with Crippen molar-refractivity contribution < 1.29 is 14.5 Å². The van der Waals surface area contributed by atoms with Gasteiger partial charge in [0.1, 0.15) is 11.9 Å². The zero-order valence-electron chi connectivity index (χ0n) is 17.1. The Labute approximate surface area is 181 Å². The Hall–Kier alpha value is -3.67. The lowest BCUT2D eigenvalue weighted by Crippen LogP contribution is -2.47. The lowest BCUT2D eigenvalue weighted by atomic mass is 9.87. The van der Waals surface area contributed by atoms with Gasteiger partial charge in [-0.2, -0.15) is 0 Å². The number of para-hydroxylation sites is 1. The van der Waals surface area contributed by atoms with Crippen LogP contribution < -0.4 is 4.74 Å². The maximum Gasteiger partial charge on any atom is 0.269 e. The highest BCUT2D eigenvalue weighted by Crippen LogP contribution is 2.31. The fourth-order valence-corrected chi connectivity index (χ4v) is 4.01. The fourth-order valence-electron chi connectivity index (χ4n) is 4.01. The van der Waals surface area contributed by atoms with Crippen molar-refractivity contribution in [2.45, 2.75) is 24.9 Å². The zero-order chi connectivity index (χ0) is 21.6. The summed E-state index contributed by atoms with van der Waals surface area (Å²) in [5.41, 5.74) is 1.95. The summed E-state index contributed by atoms with van der Waals surface area (Å²) in [6, 6.07) is 26.1. The first-order chi connectivity index (χ1) is 15.1. The Morgan fingerprint density at radius 2 is 1.61 bits per heavy atom. The molecule has 0 saturated carbocycles. The largest absolute Gasteiger partial charge is 0.490 e. The SMILES string of the molecule is O=C(Cc1ccc([N+](=O)[O-])cc1)N1CCC(Oc2ccccc2)C(c2ccccc2)C1. The number of carbonyl (C=O) groups excluding carboxylic acids is 1. The van der Waals surface area contributed by atoms with E-state index in [0.717, 1.165) is 23.3 Å². The molecule has 1 aliphatic heterocycles. The minimum absolute atomic E-state index is 0.0202. The van der Waals surface area contributed by atoms with Gasteiger partial charge in [0.2, 0.25) is 5.91 Å². The van der Waals surface area contributed by atoms with E-state index in [9.17, 15) is 14.9 Å². The third kappa shape index (κ3) is 5.09. The summed E-state index contributed by atoms with van der Waals surface area (Å²) >= 11 is 0. The minimum atomic E-state index is -0.437. The van der Waals surface area contributed by atoms with Crippen molar-refractivity contribution >= 4 is 11.6 Å². The molecular formula is C25H24N2O4. The molecular weight excluding hydrogens is 392 g/mol. The first kappa shape index (κ1) is 20.6. The number of amides is 1. The van der Waals surface area contributed by atoms with Crippen LogP contribution in [0.3, 0.4) is 0 Å². The maximum absolute atomic E-state index is 13.0. The van der Waals surface area contributed by atoms with Crippen molar-refractivity contribution in [1.82, 2.24) is 4.90 Å². The Morgan fingerprint density at radius 3 is 2.26 bits per heavy atom. The van der Waals surface area contributed by atoms with Gasteiger partial charge in [-0.15, -0.1) is 0 Å². The minimum Gasteiger partial charge on any atom is -0.490 e. The summed E-state index contributed by atoms with van der Waals surface area (Å²) in [5, 5.41) is 10.8. The number of hydrogen-bond acceptors (Lipinski definition) is 4. The molecule has 0 spiro atoms. The van der Waals surface area contributed by atoms with Crippen LogP contribution in [0.2, 0.25) is 0 Å². The Balaban J connectivity index is 1.48. The second-order valence-corrected chi connectivity index (χ2v) is 7.72. The van der Waals surface area contributed by atoms with Gasteiger partial charge < -0.3 is 9.64 Å². The van der Waals surface area contributed by atoms with E-state index in [2.05, 4.69) is 12.1 Å². The van der Waals surface area contributed by atoms with E-state index < -0.39 is 4.92 Å². The molecule has 3 aromatic carbocycles. The number of nitro benzene ring substituents is 1. The molecule has 1 saturated heterocycles. The monoisotopic (exact) mass is 416 g/mol. The molecule has 0 bridgehead atoms. The molecule has 2 unspecified atom stereocenters. The van der Waals surface area contributed by atoms with Crippen LogP contribution in [-0.2, 0) is 11.2 Å². The van der Waals surface area contributed by atoms with Crippen molar-refractivity contribution in [3.63, 3.8) is 0 Å². The van der Waals surface area contributed by atoms with Crippen molar-refractivity contribution in [3.05, 3.63) is 106 Å². The summed E-state index contributed by atoms with van der Waals surface area (Å²) in [6.07, 6.45) is 0.942. The highest BCUT2D eigenvalue weighted by Gasteiger charge is 2.34. The molecule has 6 heteroatoms. The van der Waals surface area contributed by atoms with Gasteiger partial charge in [-0.05, 0) is 23.3 Å². The van der Waals surface area contributed by atoms with E-state index in [-0.39, 0.29) is 30.0 Å². The number of non-ortho nitro benzene ring substituents is 1. The molecule has 158 valence electrons. The van der Waals surface area contributed by atoms with Gasteiger partial charge in [0, 0.05) is 37.6 Å². The van der Waals surface area contributed by atoms with Crippen LogP contribution in [-0.4, -0.2) is 34.9 Å². The second-order valence-electron chi connectivity index (χ2n) is 7.72. The molecule has 2 atom stereocenters. The van der Waals surface area contributed by atoms with Gasteiger partial charge >= 0.3 is 0 Å². The standard InChI is InChI=1S/C25H24N2O4/c28-25(17-19-11-13-21(14-12-19)27(29)30)26-16-15-24(31-22-9-5-2-6-10-22)23(18-26)20-7-3-1-4-8-20/h1-14,23-24H,15-18H2. The number of piperidine rings is 1. The summed E-state index contributed by atoms with van der Waals surface area (Å²) in [6.45, 7) is 1.19. The molecule has 0 N–H and O–H groups in total. The first-order valence-electron chi connectivity index (χ1n) is 10.4. The van der Waals surface area contributed by atoms with Crippen molar-refractivity contribution in [2.75, 3.05) is 13.1 Å². The van der Waals surface area contributed by atoms with Crippen LogP contribution in [0, 0.1) is 10.1 Å². The molecule has 1 fully saturated rings. The van der Waals surface area contributed by atoms with Gasteiger partial charge in [0.15, 0.2) is 0 Å². The lowest BCUT2D eigenvalue weighted by Gasteiger charge is -2.39. The predicted octanol–water partition coefficient (Wildman–Crippen LogP) is 4.60. The van der Waals surface area contributed by atoms with Crippen LogP contribution >= 0.6 is 0 Å². The Bertz CT molecular complexity index is 1020. The van der Waals surface area contributed by atoms with E-state index in [4.69, 9.17) is 4.74 Å².